The van der Waals surface area contributed by atoms with Gasteiger partial charge in [-0.3, -0.25) is 10.1 Å². The summed E-state index contributed by atoms with van der Waals surface area (Å²) in [4.78, 5) is 23.6. The van der Waals surface area contributed by atoms with Gasteiger partial charge in [0.05, 0.1) is 5.75 Å². The molecule has 3 rings (SSSR count). The second-order valence-corrected chi connectivity index (χ2v) is 5.72. The Balaban J connectivity index is 1.49. The van der Waals surface area contributed by atoms with Gasteiger partial charge in [0, 0.05) is 23.9 Å². The zero-order valence-corrected chi connectivity index (χ0v) is 13.2. The standard InChI is InChI=1S/C15H13N3O5S/c19-13(8-24-14-3-1-2-6-18(14)21)17-15(20)16-10-4-5-11-12(7-10)23-9-22-11/h1-7H,8-9H2,(H2,16,17,19,20). The number of aromatic nitrogens is 1. The highest BCUT2D eigenvalue weighted by Gasteiger charge is 2.15. The Labute approximate surface area is 141 Å². The van der Waals surface area contributed by atoms with E-state index >= 15 is 0 Å². The van der Waals surface area contributed by atoms with Crippen LogP contribution in [0.4, 0.5) is 10.5 Å². The molecule has 0 spiro atoms. The average Bonchev–Trinajstić information content (AvgIpc) is 3.01. The fraction of sp³-hybridized carbons (Fsp3) is 0.133. The molecule has 2 aromatic rings. The number of hydrogen-bond acceptors (Lipinski definition) is 6. The highest BCUT2D eigenvalue weighted by atomic mass is 32.2. The summed E-state index contributed by atoms with van der Waals surface area (Å²) in [6.45, 7) is 0.139. The smallest absolute Gasteiger partial charge is 0.325 e. The summed E-state index contributed by atoms with van der Waals surface area (Å²) in [6, 6.07) is 9.12. The number of amides is 3. The molecule has 0 unspecified atom stereocenters. The molecule has 0 atom stereocenters. The second kappa shape index (κ2) is 7.09. The van der Waals surface area contributed by atoms with Crippen molar-refractivity contribution in [2.24, 2.45) is 0 Å². The maximum Gasteiger partial charge on any atom is 0.325 e. The first-order valence-corrected chi connectivity index (χ1v) is 7.92. The first-order chi connectivity index (χ1) is 11.6. The van der Waals surface area contributed by atoms with Gasteiger partial charge in [-0.15, -0.1) is 0 Å². The minimum absolute atomic E-state index is 0.0547. The third-order valence-electron chi connectivity index (χ3n) is 3.02. The molecule has 1 aliphatic rings. The molecule has 0 radical (unpaired) electrons. The molecule has 124 valence electrons. The summed E-state index contributed by atoms with van der Waals surface area (Å²) in [5.41, 5.74) is 0.470. The summed E-state index contributed by atoms with van der Waals surface area (Å²) in [6.07, 6.45) is 1.34. The summed E-state index contributed by atoms with van der Waals surface area (Å²) in [7, 11) is 0. The molecule has 0 bridgehead atoms. The van der Waals surface area contributed by atoms with E-state index in [0.717, 1.165) is 11.8 Å². The second-order valence-electron chi connectivity index (χ2n) is 4.72. The zero-order valence-electron chi connectivity index (χ0n) is 12.4. The lowest BCUT2D eigenvalue weighted by Crippen LogP contribution is -2.36. The van der Waals surface area contributed by atoms with Crippen LogP contribution in [0.2, 0.25) is 0 Å². The van der Waals surface area contributed by atoms with Crippen LogP contribution >= 0.6 is 11.8 Å². The number of anilines is 1. The number of nitrogens with one attached hydrogen (secondary N) is 2. The predicted molar refractivity (Wildman–Crippen MR) is 85.9 cm³/mol. The van der Waals surface area contributed by atoms with Crippen LogP contribution < -0.4 is 24.8 Å². The van der Waals surface area contributed by atoms with Crippen molar-refractivity contribution in [3.05, 3.63) is 47.8 Å². The predicted octanol–water partition coefficient (Wildman–Crippen LogP) is 1.49. The fourth-order valence-corrected chi connectivity index (χ4v) is 2.68. The fourth-order valence-electron chi connectivity index (χ4n) is 1.96. The van der Waals surface area contributed by atoms with Crippen LogP contribution in [0.15, 0.2) is 47.6 Å². The maximum atomic E-state index is 11.8. The minimum atomic E-state index is -0.664. The van der Waals surface area contributed by atoms with E-state index in [4.69, 9.17) is 9.47 Å². The van der Waals surface area contributed by atoms with Gasteiger partial charge in [-0.1, -0.05) is 0 Å². The maximum absolute atomic E-state index is 11.8. The van der Waals surface area contributed by atoms with Crippen LogP contribution in [0.25, 0.3) is 0 Å². The first-order valence-electron chi connectivity index (χ1n) is 6.93. The Kier molecular flexibility index (Phi) is 4.71. The minimum Gasteiger partial charge on any atom is -0.618 e. The number of imide groups is 1. The number of hydrogen-bond donors (Lipinski definition) is 2. The summed E-state index contributed by atoms with van der Waals surface area (Å²) >= 11 is 1.04. The number of carbonyl (C=O) groups is 2. The van der Waals surface area contributed by atoms with Crippen LogP contribution in [0.5, 0.6) is 11.5 Å². The number of ether oxygens (including phenoxy) is 2. The average molecular weight is 347 g/mol. The van der Waals surface area contributed by atoms with Crippen molar-refractivity contribution in [3.8, 4) is 11.5 Å². The number of urea groups is 1. The Hall–Kier alpha value is -2.94. The first kappa shape index (κ1) is 15.9. The number of benzene rings is 1. The van der Waals surface area contributed by atoms with E-state index in [1.807, 2.05) is 0 Å². The van der Waals surface area contributed by atoms with Crippen molar-refractivity contribution in [1.29, 1.82) is 0 Å². The number of pyridine rings is 1. The molecule has 24 heavy (non-hydrogen) atoms. The molecule has 9 heteroatoms. The van der Waals surface area contributed by atoms with Crippen molar-refractivity contribution in [2.75, 3.05) is 17.9 Å². The van der Waals surface area contributed by atoms with Gasteiger partial charge in [0.25, 0.3) is 5.03 Å². The number of fused-ring (bicyclic) bond motifs is 1. The van der Waals surface area contributed by atoms with Crippen LogP contribution in [0.1, 0.15) is 0 Å². The Morgan fingerprint density at radius 1 is 1.21 bits per heavy atom. The van der Waals surface area contributed by atoms with E-state index in [2.05, 4.69) is 10.6 Å². The molecule has 8 nitrogen and oxygen atoms in total. The monoisotopic (exact) mass is 347 g/mol. The van der Waals surface area contributed by atoms with Crippen LogP contribution in [-0.4, -0.2) is 24.5 Å². The summed E-state index contributed by atoms with van der Waals surface area (Å²) in [5.74, 6) is 0.559. The molecule has 1 aromatic carbocycles. The molecular weight excluding hydrogens is 334 g/mol. The molecule has 0 fully saturated rings. The van der Waals surface area contributed by atoms with Crippen LogP contribution in [0.3, 0.4) is 0 Å². The highest BCUT2D eigenvalue weighted by Crippen LogP contribution is 2.34. The van der Waals surface area contributed by atoms with Crippen molar-refractivity contribution in [3.63, 3.8) is 0 Å². The van der Waals surface area contributed by atoms with E-state index < -0.39 is 11.9 Å². The van der Waals surface area contributed by atoms with Gasteiger partial charge in [0.1, 0.15) is 0 Å². The normalized spacial score (nSPS) is 11.8. The lowest BCUT2D eigenvalue weighted by molar-refractivity contribution is -0.645. The van der Waals surface area contributed by atoms with Crippen LogP contribution in [-0.2, 0) is 4.79 Å². The number of rotatable bonds is 4. The number of carbonyl (C=O) groups excluding carboxylic acids is 2. The van der Waals surface area contributed by atoms with Crippen molar-refractivity contribution in [2.45, 2.75) is 5.03 Å². The van der Waals surface area contributed by atoms with Gasteiger partial charge in [0.15, 0.2) is 17.7 Å². The highest BCUT2D eigenvalue weighted by molar-refractivity contribution is 7.99. The molecule has 0 saturated heterocycles. The molecular formula is C15H13N3O5S. The van der Waals surface area contributed by atoms with Gasteiger partial charge in [-0.05, 0) is 30.0 Å². The van der Waals surface area contributed by atoms with E-state index in [0.29, 0.717) is 26.9 Å². The van der Waals surface area contributed by atoms with Gasteiger partial charge < -0.3 is 20.0 Å². The topological polar surface area (TPSA) is 104 Å². The Morgan fingerprint density at radius 2 is 2.04 bits per heavy atom. The van der Waals surface area contributed by atoms with Gasteiger partial charge in [-0.2, -0.15) is 4.73 Å². The Bertz CT molecular complexity index is 783. The van der Waals surface area contributed by atoms with Gasteiger partial charge >= 0.3 is 6.03 Å². The third kappa shape index (κ3) is 3.87. The lowest BCUT2D eigenvalue weighted by Gasteiger charge is -2.07. The Morgan fingerprint density at radius 3 is 2.88 bits per heavy atom. The molecule has 3 amide bonds. The number of thioether (sulfide) groups is 1. The van der Waals surface area contributed by atoms with E-state index in [1.54, 1.807) is 36.4 Å². The van der Waals surface area contributed by atoms with Gasteiger partial charge in [0.2, 0.25) is 12.7 Å². The number of nitrogens with zero attached hydrogens (tertiary/aromatic N) is 1. The van der Waals surface area contributed by atoms with E-state index in [-0.39, 0.29) is 12.5 Å². The van der Waals surface area contributed by atoms with Crippen molar-refractivity contribution >= 4 is 29.4 Å². The molecule has 1 aliphatic heterocycles. The van der Waals surface area contributed by atoms with Crippen molar-refractivity contribution in [1.82, 2.24) is 5.32 Å². The molecule has 2 N–H and O–H groups in total. The van der Waals surface area contributed by atoms with E-state index in [1.165, 1.54) is 6.20 Å². The third-order valence-corrected chi connectivity index (χ3v) is 4.04. The quantitative estimate of drug-likeness (QED) is 0.493. The SMILES string of the molecule is O=C(CSc1cccc[n+]1[O-])NC(=O)Nc1ccc2c(c1)OCO2. The van der Waals surface area contributed by atoms with E-state index in [9.17, 15) is 14.8 Å². The molecule has 1 aromatic heterocycles. The molecule has 2 heterocycles. The summed E-state index contributed by atoms with van der Waals surface area (Å²) in [5, 5.41) is 16.6. The van der Waals surface area contributed by atoms with Crippen molar-refractivity contribution < 1.29 is 23.8 Å². The molecule has 0 saturated carbocycles. The molecule has 0 aliphatic carbocycles. The van der Waals surface area contributed by atoms with Gasteiger partial charge in [-0.25, -0.2) is 4.79 Å². The lowest BCUT2D eigenvalue weighted by atomic mass is 10.3. The largest absolute Gasteiger partial charge is 0.618 e. The van der Waals surface area contributed by atoms with Crippen LogP contribution in [0, 0.1) is 5.21 Å². The summed E-state index contributed by atoms with van der Waals surface area (Å²) < 4.78 is 11.0. The zero-order chi connectivity index (χ0) is 16.9.